The molecule has 1 fully saturated rings. The molecule has 0 aliphatic carbocycles. The van der Waals surface area contributed by atoms with Crippen molar-refractivity contribution in [2.45, 2.75) is 6.18 Å². The van der Waals surface area contributed by atoms with Gasteiger partial charge in [-0.25, -0.2) is 9.37 Å². The lowest BCUT2D eigenvalue weighted by atomic mass is 10.2. The summed E-state index contributed by atoms with van der Waals surface area (Å²) in [6.07, 6.45) is -4.95. The van der Waals surface area contributed by atoms with Gasteiger partial charge in [0.2, 0.25) is 11.7 Å². The van der Waals surface area contributed by atoms with Gasteiger partial charge in [0.15, 0.2) is 5.69 Å². The Balaban J connectivity index is 1.60. The van der Waals surface area contributed by atoms with Crippen molar-refractivity contribution in [2.75, 3.05) is 36.4 Å². The predicted octanol–water partition coefficient (Wildman–Crippen LogP) is 4.16. The van der Waals surface area contributed by atoms with Gasteiger partial charge in [0, 0.05) is 37.4 Å². The van der Waals surface area contributed by atoms with Gasteiger partial charge in [-0.15, -0.1) is 0 Å². The third kappa shape index (κ3) is 4.53. The van der Waals surface area contributed by atoms with Crippen molar-refractivity contribution in [3.8, 4) is 11.5 Å². The van der Waals surface area contributed by atoms with E-state index < -0.39 is 29.4 Å². The molecule has 4 rings (SSSR count). The number of oxazole rings is 1. The number of nitrogens with one attached hydrogen (secondary N) is 2. The zero-order valence-corrected chi connectivity index (χ0v) is 16.2. The summed E-state index contributed by atoms with van der Waals surface area (Å²) in [6, 6.07) is 12.0. The lowest BCUT2D eigenvalue weighted by Gasteiger charge is -2.29. The molecule has 1 saturated heterocycles. The first-order valence-electron chi connectivity index (χ1n) is 9.53. The second kappa shape index (κ2) is 8.38. The summed E-state index contributed by atoms with van der Waals surface area (Å²) >= 11 is 0. The molecule has 0 atom stereocenters. The predicted molar refractivity (Wildman–Crippen MR) is 106 cm³/mol. The van der Waals surface area contributed by atoms with E-state index in [4.69, 9.17) is 4.42 Å². The molecule has 1 aromatic heterocycles. The molecular formula is C21H18F4N4O2. The Labute approximate surface area is 174 Å². The average Bonchev–Trinajstić information content (AvgIpc) is 3.23. The first-order chi connectivity index (χ1) is 14.8. The first-order valence-corrected chi connectivity index (χ1v) is 9.53. The van der Waals surface area contributed by atoms with Crippen LogP contribution in [0.4, 0.5) is 28.9 Å². The fourth-order valence-electron chi connectivity index (χ4n) is 3.28. The van der Waals surface area contributed by atoms with Crippen molar-refractivity contribution in [1.29, 1.82) is 0 Å². The normalized spacial score (nSPS) is 14.5. The van der Waals surface area contributed by atoms with Gasteiger partial charge >= 0.3 is 6.18 Å². The van der Waals surface area contributed by atoms with Crippen molar-refractivity contribution >= 4 is 17.3 Å². The highest BCUT2D eigenvalue weighted by atomic mass is 19.4. The zero-order valence-electron chi connectivity index (χ0n) is 16.2. The van der Waals surface area contributed by atoms with E-state index in [1.54, 1.807) is 24.3 Å². The van der Waals surface area contributed by atoms with Crippen LogP contribution < -0.4 is 15.5 Å². The monoisotopic (exact) mass is 434 g/mol. The second-order valence-corrected chi connectivity index (χ2v) is 6.92. The topological polar surface area (TPSA) is 70.4 Å². The van der Waals surface area contributed by atoms with Gasteiger partial charge in [-0.2, -0.15) is 13.2 Å². The van der Waals surface area contributed by atoms with Gasteiger partial charge in [0.25, 0.3) is 5.91 Å². The highest BCUT2D eigenvalue weighted by molar-refractivity contribution is 6.04. The van der Waals surface area contributed by atoms with Gasteiger partial charge in [-0.1, -0.05) is 18.2 Å². The van der Waals surface area contributed by atoms with Crippen molar-refractivity contribution in [3.05, 3.63) is 65.8 Å². The quantitative estimate of drug-likeness (QED) is 0.604. The maximum Gasteiger partial charge on any atom is 0.452 e. The molecule has 3 aromatic rings. The van der Waals surface area contributed by atoms with Crippen molar-refractivity contribution in [2.24, 2.45) is 0 Å². The molecule has 1 aliphatic rings. The van der Waals surface area contributed by atoms with E-state index in [9.17, 15) is 22.4 Å². The zero-order chi connectivity index (χ0) is 22.0. The lowest BCUT2D eigenvalue weighted by molar-refractivity contribution is -0.153. The van der Waals surface area contributed by atoms with Crippen LogP contribution in [-0.2, 0) is 6.18 Å². The number of carbonyl (C=O) groups is 1. The lowest BCUT2D eigenvalue weighted by Crippen LogP contribution is -2.43. The van der Waals surface area contributed by atoms with E-state index in [1.165, 1.54) is 24.3 Å². The van der Waals surface area contributed by atoms with Gasteiger partial charge in [0.1, 0.15) is 5.82 Å². The van der Waals surface area contributed by atoms with Crippen molar-refractivity contribution < 1.29 is 26.8 Å². The molecule has 2 heterocycles. The summed E-state index contributed by atoms with van der Waals surface area (Å²) in [5.74, 6) is -3.87. The van der Waals surface area contributed by atoms with E-state index in [0.29, 0.717) is 18.8 Å². The van der Waals surface area contributed by atoms with Crippen molar-refractivity contribution in [3.63, 3.8) is 0 Å². The highest BCUT2D eigenvalue weighted by Crippen LogP contribution is 2.35. The number of hydrogen-bond donors (Lipinski definition) is 2. The number of aromatic nitrogens is 1. The molecule has 2 aromatic carbocycles. The number of piperazine rings is 1. The van der Waals surface area contributed by atoms with Crippen LogP contribution in [-0.4, -0.2) is 37.1 Å². The van der Waals surface area contributed by atoms with Gasteiger partial charge in [0.05, 0.1) is 5.69 Å². The van der Waals surface area contributed by atoms with Crippen LogP contribution in [0, 0.1) is 5.82 Å². The molecule has 0 radical (unpaired) electrons. The van der Waals surface area contributed by atoms with Crippen molar-refractivity contribution in [1.82, 2.24) is 10.3 Å². The number of hydrogen-bond acceptors (Lipinski definition) is 5. The number of anilines is 2. The molecule has 0 saturated carbocycles. The summed E-state index contributed by atoms with van der Waals surface area (Å²) in [5.41, 5.74) is -0.308. The SMILES string of the molecule is O=C(Nc1ccc(N2CCNCC2)cc1F)c1nc(-c2ccccc2)oc1C(F)(F)F. The summed E-state index contributed by atoms with van der Waals surface area (Å²) in [6.45, 7) is 2.91. The molecule has 6 nitrogen and oxygen atoms in total. The van der Waals surface area contributed by atoms with E-state index in [0.717, 1.165) is 13.1 Å². The third-order valence-corrected chi connectivity index (χ3v) is 4.80. The molecular weight excluding hydrogens is 416 g/mol. The molecule has 2 N–H and O–H groups in total. The van der Waals surface area contributed by atoms with Crippen LogP contribution >= 0.6 is 0 Å². The van der Waals surface area contributed by atoms with Crippen LogP contribution in [0.1, 0.15) is 16.2 Å². The molecule has 0 spiro atoms. The summed E-state index contributed by atoms with van der Waals surface area (Å²) in [4.78, 5) is 18.2. The Bertz CT molecular complexity index is 1080. The molecule has 31 heavy (non-hydrogen) atoms. The number of rotatable bonds is 4. The molecule has 162 valence electrons. The highest BCUT2D eigenvalue weighted by Gasteiger charge is 2.42. The summed E-state index contributed by atoms with van der Waals surface area (Å²) in [5, 5.41) is 5.35. The maximum absolute atomic E-state index is 14.6. The minimum absolute atomic E-state index is 0.249. The fraction of sp³-hybridized carbons (Fsp3) is 0.238. The Kier molecular flexibility index (Phi) is 5.64. The Hall–Kier alpha value is -3.40. The Morgan fingerprint density at radius 1 is 1.10 bits per heavy atom. The summed E-state index contributed by atoms with van der Waals surface area (Å²) < 4.78 is 59.7. The first kappa shape index (κ1) is 20.9. The Morgan fingerprint density at radius 2 is 1.81 bits per heavy atom. The third-order valence-electron chi connectivity index (χ3n) is 4.80. The van der Waals surface area contributed by atoms with Gasteiger partial charge in [-0.3, -0.25) is 4.79 Å². The number of carbonyl (C=O) groups excluding carboxylic acids is 1. The Morgan fingerprint density at radius 3 is 2.45 bits per heavy atom. The van der Waals surface area contributed by atoms with E-state index >= 15 is 0 Å². The molecule has 1 aliphatic heterocycles. The molecule has 0 bridgehead atoms. The fourth-order valence-corrected chi connectivity index (χ4v) is 3.28. The number of alkyl halides is 3. The second-order valence-electron chi connectivity index (χ2n) is 6.92. The van der Waals surface area contributed by atoms with E-state index in [1.807, 2.05) is 4.90 Å². The summed E-state index contributed by atoms with van der Waals surface area (Å²) in [7, 11) is 0. The number of benzene rings is 2. The van der Waals surface area contributed by atoms with Crippen LogP contribution in [0.5, 0.6) is 0 Å². The van der Waals surface area contributed by atoms with Crippen LogP contribution in [0.15, 0.2) is 52.9 Å². The minimum Gasteiger partial charge on any atom is -0.431 e. The number of halogens is 4. The largest absolute Gasteiger partial charge is 0.452 e. The minimum atomic E-state index is -4.95. The maximum atomic E-state index is 14.6. The standard InChI is InChI=1S/C21H18F4N4O2/c22-15-12-14(29-10-8-26-9-11-29)6-7-16(15)27-19(30)17-18(21(23,24)25)31-20(28-17)13-4-2-1-3-5-13/h1-7,12,26H,8-11H2,(H,27,30). The molecule has 1 amide bonds. The number of nitrogens with zero attached hydrogens (tertiary/aromatic N) is 2. The van der Waals surface area contributed by atoms with Gasteiger partial charge in [-0.05, 0) is 30.3 Å². The average molecular weight is 434 g/mol. The van der Waals surface area contributed by atoms with Crippen LogP contribution in [0.25, 0.3) is 11.5 Å². The smallest absolute Gasteiger partial charge is 0.431 e. The van der Waals surface area contributed by atoms with Crippen LogP contribution in [0.2, 0.25) is 0 Å². The molecule has 10 heteroatoms. The number of amides is 1. The molecule has 0 unspecified atom stereocenters. The van der Waals surface area contributed by atoms with E-state index in [-0.39, 0.29) is 17.1 Å². The van der Waals surface area contributed by atoms with Crippen LogP contribution in [0.3, 0.4) is 0 Å². The van der Waals surface area contributed by atoms with Gasteiger partial charge < -0.3 is 20.0 Å². The van der Waals surface area contributed by atoms with E-state index in [2.05, 4.69) is 15.6 Å².